The van der Waals surface area contributed by atoms with E-state index in [-0.39, 0.29) is 5.82 Å². The summed E-state index contributed by atoms with van der Waals surface area (Å²) in [5.74, 6) is 0.487. The monoisotopic (exact) mass is 265 g/mol. The fourth-order valence-electron chi connectivity index (χ4n) is 1.75. The summed E-state index contributed by atoms with van der Waals surface area (Å²) in [5.41, 5.74) is 7.61. The molecule has 0 aliphatic carbocycles. The number of nitrogens with two attached hydrogens (primary N) is 1. The smallest absolute Gasteiger partial charge is 0.123 e. The predicted molar refractivity (Wildman–Crippen MR) is 72.7 cm³/mol. The number of thiophene rings is 1. The summed E-state index contributed by atoms with van der Waals surface area (Å²) in [6.07, 6.45) is 1.49. The first-order valence-corrected chi connectivity index (χ1v) is 6.86. The van der Waals surface area contributed by atoms with Gasteiger partial charge in [0.25, 0.3) is 0 Å². The third-order valence-electron chi connectivity index (χ3n) is 2.66. The zero-order valence-electron chi connectivity index (χ0n) is 10.1. The second kappa shape index (κ2) is 6.52. The lowest BCUT2D eigenvalue weighted by molar-refractivity contribution is 0.318. The van der Waals surface area contributed by atoms with Gasteiger partial charge < -0.3 is 10.5 Å². The van der Waals surface area contributed by atoms with Crippen molar-refractivity contribution in [1.82, 2.24) is 0 Å². The molecule has 2 aromatic rings. The van der Waals surface area contributed by atoms with Crippen molar-refractivity contribution in [3.05, 3.63) is 52.0 Å². The van der Waals surface area contributed by atoms with Crippen LogP contribution in [0.25, 0.3) is 0 Å². The maximum absolute atomic E-state index is 13.1. The molecule has 0 saturated carbocycles. The molecule has 96 valence electrons. The first-order valence-electron chi connectivity index (χ1n) is 5.92. The fourth-order valence-corrected chi connectivity index (χ4v) is 2.46. The Morgan fingerprint density at radius 2 is 2.11 bits per heavy atom. The lowest BCUT2D eigenvalue weighted by Crippen LogP contribution is -2.07. The zero-order valence-corrected chi connectivity index (χ0v) is 10.9. The fraction of sp³-hybridized carbons (Fsp3) is 0.286. The van der Waals surface area contributed by atoms with Crippen LogP contribution < -0.4 is 10.5 Å². The van der Waals surface area contributed by atoms with Crippen molar-refractivity contribution in [1.29, 1.82) is 0 Å². The first kappa shape index (κ1) is 13.1. The maximum atomic E-state index is 13.1. The average Bonchev–Trinajstić information content (AvgIpc) is 2.85. The molecule has 2 rings (SSSR count). The molecule has 0 spiro atoms. The van der Waals surface area contributed by atoms with Gasteiger partial charge in [-0.1, -0.05) is 0 Å². The molecule has 1 heterocycles. The Balaban J connectivity index is 1.95. The molecule has 4 heteroatoms. The predicted octanol–water partition coefficient (Wildman–Crippen LogP) is 3.01. The van der Waals surface area contributed by atoms with Gasteiger partial charge >= 0.3 is 0 Å². The van der Waals surface area contributed by atoms with Crippen LogP contribution in [0.2, 0.25) is 0 Å². The van der Waals surface area contributed by atoms with Crippen molar-refractivity contribution in [2.75, 3.05) is 13.2 Å². The summed E-state index contributed by atoms with van der Waals surface area (Å²) in [6.45, 7) is 1.09. The van der Waals surface area contributed by atoms with Crippen molar-refractivity contribution in [2.24, 2.45) is 5.73 Å². The van der Waals surface area contributed by atoms with E-state index in [4.69, 9.17) is 10.5 Å². The highest BCUT2D eigenvalue weighted by molar-refractivity contribution is 7.07. The van der Waals surface area contributed by atoms with E-state index < -0.39 is 0 Å². The highest BCUT2D eigenvalue weighted by atomic mass is 32.1. The average molecular weight is 265 g/mol. The lowest BCUT2D eigenvalue weighted by atomic mass is 10.1. The van der Waals surface area contributed by atoms with E-state index in [1.807, 2.05) is 5.38 Å². The Bertz CT molecular complexity index is 485. The van der Waals surface area contributed by atoms with Gasteiger partial charge in [0, 0.05) is 6.42 Å². The van der Waals surface area contributed by atoms with Gasteiger partial charge in [0.15, 0.2) is 0 Å². The van der Waals surface area contributed by atoms with Gasteiger partial charge in [-0.3, -0.25) is 0 Å². The van der Waals surface area contributed by atoms with Crippen molar-refractivity contribution < 1.29 is 9.13 Å². The van der Waals surface area contributed by atoms with Gasteiger partial charge in [0.1, 0.15) is 11.6 Å². The van der Waals surface area contributed by atoms with E-state index >= 15 is 0 Å². The van der Waals surface area contributed by atoms with Gasteiger partial charge in [-0.25, -0.2) is 4.39 Å². The zero-order chi connectivity index (χ0) is 12.8. The molecule has 0 unspecified atom stereocenters. The van der Waals surface area contributed by atoms with E-state index in [2.05, 4.69) is 11.4 Å². The highest BCUT2D eigenvalue weighted by Gasteiger charge is 2.05. The first-order chi connectivity index (χ1) is 8.79. The van der Waals surface area contributed by atoms with Crippen LogP contribution in [0.3, 0.4) is 0 Å². The van der Waals surface area contributed by atoms with Gasteiger partial charge in [0.05, 0.1) is 6.61 Å². The molecule has 2 N–H and O–H groups in total. The van der Waals surface area contributed by atoms with Crippen LogP contribution in [0.15, 0.2) is 35.0 Å². The summed E-state index contributed by atoms with van der Waals surface area (Å²) in [6, 6.07) is 6.67. The van der Waals surface area contributed by atoms with E-state index in [1.165, 1.54) is 17.7 Å². The molecule has 0 aliphatic rings. The normalized spacial score (nSPS) is 10.6. The molecule has 18 heavy (non-hydrogen) atoms. The third-order valence-corrected chi connectivity index (χ3v) is 3.40. The van der Waals surface area contributed by atoms with E-state index in [0.717, 1.165) is 17.7 Å². The second-order valence-electron chi connectivity index (χ2n) is 4.02. The summed E-state index contributed by atoms with van der Waals surface area (Å²) >= 11 is 1.68. The molecule has 0 aliphatic heterocycles. The Hall–Kier alpha value is -1.39. The summed E-state index contributed by atoms with van der Waals surface area (Å²) in [4.78, 5) is 0. The molecule has 0 radical (unpaired) electrons. The van der Waals surface area contributed by atoms with Crippen molar-refractivity contribution in [2.45, 2.75) is 12.8 Å². The van der Waals surface area contributed by atoms with Crippen LogP contribution in [-0.2, 0) is 12.8 Å². The van der Waals surface area contributed by atoms with Crippen LogP contribution >= 0.6 is 11.3 Å². The van der Waals surface area contributed by atoms with Gasteiger partial charge in [-0.2, -0.15) is 11.3 Å². The van der Waals surface area contributed by atoms with E-state index in [9.17, 15) is 4.39 Å². The molecular formula is C14H16FNOS. The number of benzene rings is 1. The molecule has 0 amide bonds. The van der Waals surface area contributed by atoms with E-state index in [1.54, 1.807) is 17.4 Å². The minimum Gasteiger partial charge on any atom is -0.493 e. The quantitative estimate of drug-likeness (QED) is 0.871. The van der Waals surface area contributed by atoms with Gasteiger partial charge in [-0.05, 0) is 59.1 Å². The Kier molecular flexibility index (Phi) is 4.73. The van der Waals surface area contributed by atoms with Crippen molar-refractivity contribution in [3.8, 4) is 5.75 Å². The number of hydrogen-bond donors (Lipinski definition) is 1. The summed E-state index contributed by atoms with van der Waals surface area (Å²) < 4.78 is 18.8. The van der Waals surface area contributed by atoms with Crippen LogP contribution in [0.4, 0.5) is 4.39 Å². The van der Waals surface area contributed by atoms with Crippen LogP contribution in [-0.4, -0.2) is 13.2 Å². The molecule has 0 saturated heterocycles. The second-order valence-corrected chi connectivity index (χ2v) is 4.80. The largest absolute Gasteiger partial charge is 0.493 e. The number of halogens is 1. The van der Waals surface area contributed by atoms with Crippen LogP contribution in [0, 0.1) is 5.82 Å². The third kappa shape index (κ3) is 3.55. The van der Waals surface area contributed by atoms with Crippen molar-refractivity contribution in [3.63, 3.8) is 0 Å². The summed E-state index contributed by atoms with van der Waals surface area (Å²) in [5, 5.41) is 4.15. The number of ether oxygens (including phenoxy) is 1. The van der Waals surface area contributed by atoms with Crippen LogP contribution in [0.5, 0.6) is 5.75 Å². The summed E-state index contributed by atoms with van der Waals surface area (Å²) in [7, 11) is 0. The number of rotatable bonds is 6. The molecule has 2 nitrogen and oxygen atoms in total. The number of hydrogen-bond acceptors (Lipinski definition) is 3. The Labute approximate surface area is 110 Å². The SMILES string of the molecule is NCCc1cc(F)ccc1OCCc1ccsc1. The standard InChI is InChI=1S/C14H16FNOS/c15-13-1-2-14(12(9-13)3-6-16)17-7-4-11-5-8-18-10-11/h1-2,5,8-10H,3-4,6-7,16H2. The lowest BCUT2D eigenvalue weighted by Gasteiger charge is -2.10. The van der Waals surface area contributed by atoms with E-state index in [0.29, 0.717) is 19.6 Å². The molecular weight excluding hydrogens is 249 g/mol. The minimum atomic E-state index is -0.247. The maximum Gasteiger partial charge on any atom is 0.123 e. The Morgan fingerprint density at radius 3 is 2.83 bits per heavy atom. The molecule has 0 bridgehead atoms. The topological polar surface area (TPSA) is 35.2 Å². The molecule has 0 fully saturated rings. The Morgan fingerprint density at radius 1 is 1.22 bits per heavy atom. The van der Waals surface area contributed by atoms with Crippen molar-refractivity contribution >= 4 is 11.3 Å². The highest BCUT2D eigenvalue weighted by Crippen LogP contribution is 2.20. The molecule has 1 aromatic heterocycles. The van der Waals surface area contributed by atoms with Gasteiger partial charge in [-0.15, -0.1) is 0 Å². The van der Waals surface area contributed by atoms with Gasteiger partial charge in [0.2, 0.25) is 0 Å². The minimum absolute atomic E-state index is 0.247. The van der Waals surface area contributed by atoms with Crippen LogP contribution in [0.1, 0.15) is 11.1 Å². The molecule has 1 aromatic carbocycles. The molecule has 0 atom stereocenters.